The number of pyridine rings is 1. The number of fused-ring (bicyclic) bond motifs is 1. The van der Waals surface area contributed by atoms with Crippen LogP contribution in [0.25, 0.3) is 22.2 Å². The van der Waals surface area contributed by atoms with Gasteiger partial charge in [0.25, 0.3) is 0 Å². The Hall–Kier alpha value is -4.21. The highest BCUT2D eigenvalue weighted by molar-refractivity contribution is 6.01. The lowest BCUT2D eigenvalue weighted by Gasteiger charge is -2.20. The number of esters is 1. The summed E-state index contributed by atoms with van der Waals surface area (Å²) in [6.07, 6.45) is 7.31. The molecule has 1 aromatic carbocycles. The zero-order chi connectivity index (χ0) is 26.2. The molecule has 10 nitrogen and oxygen atoms in total. The lowest BCUT2D eigenvalue weighted by Crippen LogP contribution is -2.29. The number of hydrogen-bond acceptors (Lipinski definition) is 8. The molecule has 192 valence electrons. The fourth-order valence-electron chi connectivity index (χ4n) is 4.52. The first-order valence-electron chi connectivity index (χ1n) is 12.3. The van der Waals surface area contributed by atoms with Crippen molar-refractivity contribution in [3.63, 3.8) is 0 Å². The second kappa shape index (κ2) is 9.68. The van der Waals surface area contributed by atoms with Crippen molar-refractivity contribution in [2.75, 3.05) is 25.1 Å². The molecule has 1 aliphatic heterocycles. The van der Waals surface area contributed by atoms with Crippen molar-refractivity contribution in [3.05, 3.63) is 60.2 Å². The van der Waals surface area contributed by atoms with E-state index >= 15 is 0 Å². The molecule has 0 unspecified atom stereocenters. The third-order valence-electron chi connectivity index (χ3n) is 6.21. The maximum atomic E-state index is 13.0. The van der Waals surface area contributed by atoms with Crippen LogP contribution in [-0.2, 0) is 16.0 Å². The van der Waals surface area contributed by atoms with Crippen LogP contribution in [0, 0.1) is 0 Å². The van der Waals surface area contributed by atoms with E-state index in [9.17, 15) is 9.59 Å². The van der Waals surface area contributed by atoms with Gasteiger partial charge in [-0.05, 0) is 57.4 Å². The number of anilines is 1. The summed E-state index contributed by atoms with van der Waals surface area (Å²) in [7, 11) is 1.28. The zero-order valence-corrected chi connectivity index (χ0v) is 21.5. The molecule has 0 amide bonds. The predicted molar refractivity (Wildman–Crippen MR) is 139 cm³/mol. The number of hydrogen-bond donors (Lipinski definition) is 0. The molecule has 0 radical (unpaired) electrons. The van der Waals surface area contributed by atoms with Gasteiger partial charge >= 0.3 is 12.1 Å². The van der Waals surface area contributed by atoms with Crippen molar-refractivity contribution in [1.82, 2.24) is 24.5 Å². The number of aromatic nitrogens is 5. The molecular weight excluding hydrogens is 472 g/mol. The maximum absolute atomic E-state index is 13.0. The van der Waals surface area contributed by atoms with E-state index in [1.165, 1.54) is 24.5 Å². The Morgan fingerprint density at radius 3 is 2.57 bits per heavy atom. The van der Waals surface area contributed by atoms with Crippen LogP contribution in [0.2, 0.25) is 0 Å². The maximum Gasteiger partial charge on any atom is 0.419 e. The van der Waals surface area contributed by atoms with Crippen LogP contribution in [0.5, 0.6) is 0 Å². The van der Waals surface area contributed by atoms with Gasteiger partial charge in [0.2, 0.25) is 0 Å². The predicted octanol–water partition coefficient (Wildman–Crippen LogP) is 4.51. The van der Waals surface area contributed by atoms with Crippen molar-refractivity contribution in [2.24, 2.45) is 0 Å². The van der Waals surface area contributed by atoms with Crippen molar-refractivity contribution in [3.8, 4) is 11.3 Å². The van der Waals surface area contributed by atoms with Gasteiger partial charge in [-0.2, -0.15) is 0 Å². The summed E-state index contributed by atoms with van der Waals surface area (Å²) in [6.45, 7) is 7.84. The molecule has 3 aromatic heterocycles. The van der Waals surface area contributed by atoms with Gasteiger partial charge < -0.3 is 14.4 Å². The van der Waals surface area contributed by atoms with Crippen molar-refractivity contribution < 1.29 is 19.1 Å². The summed E-state index contributed by atoms with van der Waals surface area (Å²) in [6, 6.07) is 9.37. The molecule has 0 aliphatic carbocycles. The highest BCUT2D eigenvalue weighted by Crippen LogP contribution is 2.26. The first-order chi connectivity index (χ1) is 17.7. The summed E-state index contributed by atoms with van der Waals surface area (Å²) >= 11 is 0. The normalized spacial score (nSPS) is 13.8. The molecular formula is C27H30N6O4. The fourth-order valence-corrected chi connectivity index (χ4v) is 4.52. The monoisotopic (exact) mass is 502 g/mol. The zero-order valence-electron chi connectivity index (χ0n) is 21.5. The number of nitrogens with zero attached hydrogens (tertiary/aromatic N) is 6. The summed E-state index contributed by atoms with van der Waals surface area (Å²) in [4.78, 5) is 32.2. The Balaban J connectivity index is 1.43. The first-order valence-corrected chi connectivity index (χ1v) is 12.3. The summed E-state index contributed by atoms with van der Waals surface area (Å²) in [5.74, 6) is -0.616. The second-order valence-corrected chi connectivity index (χ2v) is 10.2. The largest absolute Gasteiger partial charge is 0.464 e. The Kier molecular flexibility index (Phi) is 6.41. The van der Waals surface area contributed by atoms with Gasteiger partial charge in [0.1, 0.15) is 17.0 Å². The molecule has 10 heteroatoms. The minimum atomic E-state index is -0.725. The van der Waals surface area contributed by atoms with E-state index in [0.717, 1.165) is 41.0 Å². The molecule has 0 atom stereocenters. The van der Waals surface area contributed by atoms with Crippen LogP contribution in [0.3, 0.4) is 0 Å². The van der Waals surface area contributed by atoms with E-state index in [0.29, 0.717) is 12.1 Å². The van der Waals surface area contributed by atoms with E-state index < -0.39 is 17.7 Å². The average molecular weight is 503 g/mol. The smallest absolute Gasteiger partial charge is 0.419 e. The number of carbonyl (C=O) groups is 2. The van der Waals surface area contributed by atoms with E-state index in [4.69, 9.17) is 9.47 Å². The van der Waals surface area contributed by atoms with Gasteiger partial charge in [-0.3, -0.25) is 4.98 Å². The van der Waals surface area contributed by atoms with Gasteiger partial charge in [-0.1, -0.05) is 17.3 Å². The number of carbonyl (C=O) groups excluding carboxylic acids is 2. The molecule has 0 saturated carbocycles. The molecule has 0 bridgehead atoms. The van der Waals surface area contributed by atoms with Crippen LogP contribution in [0.1, 0.15) is 49.7 Å². The Labute approximate surface area is 214 Å². The average Bonchev–Trinajstić information content (AvgIpc) is 3.62. The summed E-state index contributed by atoms with van der Waals surface area (Å²) < 4.78 is 13.5. The molecule has 37 heavy (non-hydrogen) atoms. The molecule has 4 heterocycles. The van der Waals surface area contributed by atoms with E-state index in [-0.39, 0.29) is 5.69 Å². The van der Waals surface area contributed by atoms with Gasteiger partial charge in [-0.25, -0.2) is 18.8 Å². The van der Waals surface area contributed by atoms with Crippen LogP contribution in [0.15, 0.2) is 48.9 Å². The molecule has 4 aromatic rings. The van der Waals surface area contributed by atoms with Crippen molar-refractivity contribution >= 4 is 28.7 Å². The number of ether oxygens (including phenoxy) is 2. The molecule has 0 N–H and O–H groups in total. The van der Waals surface area contributed by atoms with Gasteiger partial charge in [-0.15, -0.1) is 5.10 Å². The molecule has 0 spiro atoms. The van der Waals surface area contributed by atoms with Crippen molar-refractivity contribution in [1.29, 1.82) is 0 Å². The fraction of sp³-hybridized carbons (Fsp3) is 0.370. The van der Waals surface area contributed by atoms with Crippen LogP contribution in [-0.4, -0.2) is 62.4 Å². The minimum Gasteiger partial charge on any atom is -0.464 e. The standard InChI is InChI=1S/C27H30N6O4/c1-27(2,3)37-26(35)33-23-11-18(7-8-19(23)13-24(33)25(34)36-4)16-32-17-22(29-30-32)20-12-21(15-28-14-20)31-9-5-6-10-31/h7-8,11-15,17H,5-6,9-10,16H2,1-4H3. The summed E-state index contributed by atoms with van der Waals surface area (Å²) in [5.41, 5.74) is 3.56. The van der Waals surface area contributed by atoms with E-state index in [2.05, 4.69) is 26.3 Å². The molecule has 1 fully saturated rings. The van der Waals surface area contributed by atoms with E-state index in [1.54, 1.807) is 37.7 Å². The number of benzene rings is 1. The van der Waals surface area contributed by atoms with Gasteiger partial charge in [0.05, 0.1) is 37.3 Å². The second-order valence-electron chi connectivity index (χ2n) is 10.2. The highest BCUT2D eigenvalue weighted by atomic mass is 16.6. The van der Waals surface area contributed by atoms with E-state index in [1.807, 2.05) is 30.6 Å². The topological polar surface area (TPSA) is 104 Å². The third-order valence-corrected chi connectivity index (χ3v) is 6.21. The molecule has 1 saturated heterocycles. The Morgan fingerprint density at radius 1 is 1.05 bits per heavy atom. The summed E-state index contributed by atoms with van der Waals surface area (Å²) in [5, 5.41) is 9.37. The Morgan fingerprint density at radius 2 is 1.84 bits per heavy atom. The first kappa shape index (κ1) is 24.5. The number of rotatable bonds is 5. The molecule has 1 aliphatic rings. The van der Waals surface area contributed by atoms with Crippen LogP contribution in [0.4, 0.5) is 10.5 Å². The third kappa shape index (κ3) is 5.18. The van der Waals surface area contributed by atoms with Crippen LogP contribution < -0.4 is 4.90 Å². The minimum absolute atomic E-state index is 0.109. The lowest BCUT2D eigenvalue weighted by atomic mass is 10.1. The van der Waals surface area contributed by atoms with Crippen LogP contribution >= 0.6 is 0 Å². The van der Waals surface area contributed by atoms with Crippen molar-refractivity contribution in [2.45, 2.75) is 45.8 Å². The lowest BCUT2D eigenvalue weighted by molar-refractivity contribution is 0.0489. The highest BCUT2D eigenvalue weighted by Gasteiger charge is 2.26. The quantitative estimate of drug-likeness (QED) is 0.367. The molecule has 5 rings (SSSR count). The van der Waals surface area contributed by atoms with Gasteiger partial charge in [0.15, 0.2) is 0 Å². The van der Waals surface area contributed by atoms with Gasteiger partial charge in [0, 0.05) is 30.2 Å². The number of methoxy groups -OCH3 is 1. The Bertz CT molecular complexity index is 1460. The SMILES string of the molecule is COC(=O)c1cc2ccc(Cn3cc(-c4cncc(N5CCCC5)c4)nn3)cc2n1C(=O)OC(C)(C)C.